The Morgan fingerprint density at radius 3 is 2.29 bits per heavy atom. The number of hydrogen-bond acceptors (Lipinski definition) is 3. The minimum absolute atomic E-state index is 0.0123. The fourth-order valence-electron chi connectivity index (χ4n) is 7.11. The van der Waals surface area contributed by atoms with Crippen LogP contribution in [-0.2, 0) is 15.0 Å². The number of ether oxygens (including phenoxy) is 2. The summed E-state index contributed by atoms with van der Waals surface area (Å²) in [5.74, 6) is 0. The van der Waals surface area contributed by atoms with Crippen LogP contribution in [0.2, 0.25) is 0 Å². The van der Waals surface area contributed by atoms with E-state index in [9.17, 15) is 0 Å². The average Bonchev–Trinajstić information content (AvgIpc) is 2.75. The largest absolute Gasteiger partial charge is 0.382 e. The summed E-state index contributed by atoms with van der Waals surface area (Å²) in [6.07, 6.45) is 9.17. The van der Waals surface area contributed by atoms with Gasteiger partial charge in [-0.2, -0.15) is 5.10 Å². The zero-order chi connectivity index (χ0) is 17.2. The van der Waals surface area contributed by atoms with Crippen molar-refractivity contribution < 1.29 is 9.47 Å². The first-order valence-corrected chi connectivity index (χ1v) is 9.86. The summed E-state index contributed by atoms with van der Waals surface area (Å²) in [6, 6.07) is 0. The maximum atomic E-state index is 6.53. The van der Waals surface area contributed by atoms with Crippen LogP contribution in [0.4, 0.5) is 0 Å². The monoisotopic (exact) mass is 396 g/mol. The zero-order valence-electron chi connectivity index (χ0n) is 15.3. The van der Waals surface area contributed by atoms with Crippen molar-refractivity contribution in [2.24, 2.45) is 10.8 Å². The maximum absolute atomic E-state index is 6.53. The smallest absolute Gasteiger partial charge is 0.0717 e. The molecule has 4 nitrogen and oxygen atoms in total. The van der Waals surface area contributed by atoms with Gasteiger partial charge in [0.2, 0.25) is 0 Å². The predicted molar refractivity (Wildman–Crippen MR) is 97.1 cm³/mol. The molecule has 0 amide bonds. The standard InChI is InChI=1S/C19H29BrN2O2/c1-14-15(20)7-21-22(14)18-9-16(2)8-17(3,10-18)12-19(11-16,13-18)24-6-5-23-4/h7H,5-6,8-13H2,1-4H3. The van der Waals surface area contributed by atoms with Crippen molar-refractivity contribution in [3.63, 3.8) is 0 Å². The predicted octanol–water partition coefficient (Wildman–Crippen LogP) is 4.45. The van der Waals surface area contributed by atoms with Crippen molar-refractivity contribution in [3.8, 4) is 0 Å². The van der Waals surface area contributed by atoms with Gasteiger partial charge in [0.1, 0.15) is 0 Å². The first kappa shape index (κ1) is 17.0. The summed E-state index contributed by atoms with van der Waals surface area (Å²) in [7, 11) is 1.75. The summed E-state index contributed by atoms with van der Waals surface area (Å²) in [5.41, 5.74) is 2.03. The van der Waals surface area contributed by atoms with E-state index in [1.807, 2.05) is 6.20 Å². The topological polar surface area (TPSA) is 36.3 Å². The lowest BCUT2D eigenvalue weighted by molar-refractivity contribution is -0.243. The molecule has 1 aromatic heterocycles. The van der Waals surface area contributed by atoms with Gasteiger partial charge in [-0.3, -0.25) is 4.68 Å². The molecule has 5 heteroatoms. The van der Waals surface area contributed by atoms with Gasteiger partial charge in [-0.1, -0.05) is 13.8 Å². The molecule has 1 heterocycles. The van der Waals surface area contributed by atoms with Crippen LogP contribution in [0.25, 0.3) is 0 Å². The second-order valence-corrected chi connectivity index (χ2v) is 10.3. The summed E-state index contributed by atoms with van der Waals surface area (Å²) < 4.78 is 15.2. The Morgan fingerprint density at radius 1 is 1.08 bits per heavy atom. The normalized spacial score (nSPS) is 43.5. The van der Waals surface area contributed by atoms with E-state index in [1.54, 1.807) is 7.11 Å². The molecule has 4 fully saturated rings. The van der Waals surface area contributed by atoms with E-state index in [0.29, 0.717) is 24.0 Å². The van der Waals surface area contributed by atoms with Gasteiger partial charge in [0.15, 0.2) is 0 Å². The van der Waals surface area contributed by atoms with E-state index in [1.165, 1.54) is 37.8 Å². The highest BCUT2D eigenvalue weighted by atomic mass is 79.9. The number of rotatable bonds is 5. The van der Waals surface area contributed by atoms with Gasteiger partial charge in [-0.15, -0.1) is 0 Å². The van der Waals surface area contributed by atoms with Crippen LogP contribution in [0, 0.1) is 17.8 Å². The molecule has 24 heavy (non-hydrogen) atoms. The first-order valence-electron chi connectivity index (χ1n) is 9.07. The van der Waals surface area contributed by atoms with Crippen molar-refractivity contribution in [2.75, 3.05) is 20.3 Å². The Kier molecular flexibility index (Phi) is 3.77. The van der Waals surface area contributed by atoms with Gasteiger partial charge < -0.3 is 9.47 Å². The van der Waals surface area contributed by atoms with Gasteiger partial charge >= 0.3 is 0 Å². The quantitative estimate of drug-likeness (QED) is 0.689. The molecule has 0 aliphatic heterocycles. The lowest BCUT2D eigenvalue weighted by atomic mass is 9.41. The summed E-state index contributed by atoms with van der Waals surface area (Å²) in [5, 5.41) is 4.78. The van der Waals surface area contributed by atoms with Gasteiger partial charge in [-0.25, -0.2) is 0 Å². The van der Waals surface area contributed by atoms with E-state index < -0.39 is 0 Å². The average molecular weight is 397 g/mol. The molecule has 0 N–H and O–H groups in total. The molecule has 0 radical (unpaired) electrons. The van der Waals surface area contributed by atoms with Crippen LogP contribution in [0.3, 0.4) is 0 Å². The van der Waals surface area contributed by atoms with Crippen molar-refractivity contribution in [3.05, 3.63) is 16.4 Å². The molecule has 4 saturated carbocycles. The Bertz CT molecular complexity index is 638. The Morgan fingerprint density at radius 2 is 1.75 bits per heavy atom. The van der Waals surface area contributed by atoms with Crippen LogP contribution < -0.4 is 0 Å². The molecule has 0 saturated heterocycles. The van der Waals surface area contributed by atoms with Crippen LogP contribution in [0.5, 0.6) is 0 Å². The SMILES string of the molecule is COCCOC12CC3(C)CC(C)(C1)CC(n1ncc(Br)c1C)(C3)C2. The lowest BCUT2D eigenvalue weighted by Gasteiger charge is -2.69. The summed E-state index contributed by atoms with van der Waals surface area (Å²) >= 11 is 3.66. The van der Waals surface area contributed by atoms with Gasteiger partial charge in [0.25, 0.3) is 0 Å². The maximum Gasteiger partial charge on any atom is 0.0717 e. The third kappa shape index (κ3) is 2.50. The van der Waals surface area contributed by atoms with Crippen LogP contribution in [0.1, 0.15) is 58.1 Å². The third-order valence-electron chi connectivity index (χ3n) is 6.61. The number of nitrogens with zero attached hydrogens (tertiary/aromatic N) is 2. The van der Waals surface area contributed by atoms with E-state index in [2.05, 4.69) is 41.4 Å². The second kappa shape index (κ2) is 5.31. The molecular weight excluding hydrogens is 368 g/mol. The third-order valence-corrected chi connectivity index (χ3v) is 7.39. The molecule has 5 rings (SSSR count). The van der Waals surface area contributed by atoms with E-state index >= 15 is 0 Å². The molecule has 2 atom stereocenters. The minimum Gasteiger partial charge on any atom is -0.382 e. The fourth-order valence-corrected chi connectivity index (χ4v) is 7.37. The Labute approximate surface area is 153 Å². The molecule has 1 aromatic rings. The zero-order valence-corrected chi connectivity index (χ0v) is 16.9. The van der Waals surface area contributed by atoms with Gasteiger partial charge in [0, 0.05) is 13.5 Å². The highest BCUT2D eigenvalue weighted by Crippen LogP contribution is 2.70. The second-order valence-electron chi connectivity index (χ2n) is 9.42. The first-order chi connectivity index (χ1) is 11.2. The molecule has 0 spiro atoms. The molecule has 2 unspecified atom stereocenters. The van der Waals surface area contributed by atoms with E-state index in [-0.39, 0.29) is 11.1 Å². The van der Waals surface area contributed by atoms with Crippen LogP contribution >= 0.6 is 15.9 Å². The van der Waals surface area contributed by atoms with Crippen molar-refractivity contribution in [1.29, 1.82) is 0 Å². The highest BCUT2D eigenvalue weighted by molar-refractivity contribution is 9.10. The molecule has 0 aromatic carbocycles. The van der Waals surface area contributed by atoms with E-state index in [0.717, 1.165) is 10.9 Å². The lowest BCUT2D eigenvalue weighted by Crippen LogP contribution is -2.67. The van der Waals surface area contributed by atoms with Crippen molar-refractivity contribution in [1.82, 2.24) is 9.78 Å². The van der Waals surface area contributed by atoms with E-state index in [4.69, 9.17) is 14.6 Å². The highest BCUT2D eigenvalue weighted by Gasteiger charge is 2.67. The van der Waals surface area contributed by atoms with Crippen molar-refractivity contribution in [2.45, 2.75) is 70.4 Å². The summed E-state index contributed by atoms with van der Waals surface area (Å²) in [6.45, 7) is 8.49. The summed E-state index contributed by atoms with van der Waals surface area (Å²) in [4.78, 5) is 0. The molecule has 4 aliphatic rings. The van der Waals surface area contributed by atoms with Crippen LogP contribution in [0.15, 0.2) is 10.7 Å². The van der Waals surface area contributed by atoms with Crippen molar-refractivity contribution >= 4 is 15.9 Å². The molecule has 134 valence electrons. The molecular formula is C19H29BrN2O2. The Balaban J connectivity index is 1.75. The number of halogens is 1. The number of hydrogen-bond donors (Lipinski definition) is 0. The molecule has 4 aliphatic carbocycles. The van der Waals surface area contributed by atoms with Gasteiger partial charge in [-0.05, 0) is 65.8 Å². The Hall–Kier alpha value is -0.390. The number of methoxy groups -OCH3 is 1. The minimum atomic E-state index is -0.0123. The molecule has 4 bridgehead atoms. The van der Waals surface area contributed by atoms with Crippen LogP contribution in [-0.4, -0.2) is 35.7 Å². The number of aromatic nitrogens is 2. The van der Waals surface area contributed by atoms with Gasteiger partial charge in [0.05, 0.1) is 40.7 Å². The fraction of sp³-hybridized carbons (Fsp3) is 0.842.